The Morgan fingerprint density at radius 3 is 2.60 bits per heavy atom. The Bertz CT molecular complexity index is 474. The smallest absolute Gasteiger partial charge is 0.267 e. The van der Waals surface area contributed by atoms with Crippen molar-refractivity contribution in [3.63, 3.8) is 0 Å². The van der Waals surface area contributed by atoms with Crippen LogP contribution in [0.2, 0.25) is 0 Å². The number of rotatable bonds is 3. The van der Waals surface area contributed by atoms with Crippen molar-refractivity contribution >= 4 is 5.69 Å². The van der Waals surface area contributed by atoms with Gasteiger partial charge in [-0.3, -0.25) is 0 Å². The van der Waals surface area contributed by atoms with Crippen LogP contribution < -0.4 is 10.5 Å². The van der Waals surface area contributed by atoms with Gasteiger partial charge in [0.1, 0.15) is 5.75 Å². The number of nitrogen functional groups attached to an aromatic ring is 1. The third kappa shape index (κ3) is 3.62. The minimum Gasteiger partial charge on any atom is -0.490 e. The Morgan fingerprint density at radius 2 is 2.00 bits per heavy atom. The molecule has 0 aliphatic heterocycles. The Morgan fingerprint density at radius 1 is 1.30 bits per heavy atom. The molecule has 20 heavy (non-hydrogen) atoms. The van der Waals surface area contributed by atoms with Gasteiger partial charge in [0.15, 0.2) is 0 Å². The van der Waals surface area contributed by atoms with Gasteiger partial charge >= 0.3 is 0 Å². The molecule has 0 amide bonds. The minimum atomic E-state index is -2.57. The summed E-state index contributed by atoms with van der Waals surface area (Å²) in [5.74, 6) is 0.816. The molecule has 2 unspecified atom stereocenters. The lowest BCUT2D eigenvalue weighted by Crippen LogP contribution is -2.34. The van der Waals surface area contributed by atoms with Crippen LogP contribution in [0.15, 0.2) is 18.2 Å². The summed E-state index contributed by atoms with van der Waals surface area (Å²) >= 11 is 0. The van der Waals surface area contributed by atoms with Gasteiger partial charge in [0.05, 0.1) is 11.7 Å². The summed E-state index contributed by atoms with van der Waals surface area (Å²) in [6.45, 7) is 6.60. The fourth-order valence-electron chi connectivity index (χ4n) is 3.37. The fraction of sp³-hybridized carbons (Fsp3) is 0.625. The SMILES string of the molecule is CC1CC(Oc2ccc(N)cc2C(F)F)CC(C)(C)C1. The molecule has 0 radical (unpaired) electrons. The van der Waals surface area contributed by atoms with E-state index in [4.69, 9.17) is 10.5 Å². The van der Waals surface area contributed by atoms with Gasteiger partial charge in [-0.1, -0.05) is 20.8 Å². The maximum Gasteiger partial charge on any atom is 0.267 e. The van der Waals surface area contributed by atoms with Gasteiger partial charge in [0, 0.05) is 5.69 Å². The first-order chi connectivity index (χ1) is 9.27. The standard InChI is InChI=1S/C16H23F2NO/c1-10-6-12(9-16(2,3)8-10)20-14-5-4-11(19)7-13(14)15(17)18/h4-5,7,10,12,15H,6,8-9,19H2,1-3H3. The first-order valence-corrected chi connectivity index (χ1v) is 7.11. The Hall–Kier alpha value is -1.32. The third-order valence-electron chi connectivity index (χ3n) is 3.91. The molecule has 1 saturated carbocycles. The summed E-state index contributed by atoms with van der Waals surface area (Å²) in [5.41, 5.74) is 6.00. The van der Waals surface area contributed by atoms with Crippen LogP contribution in [0.5, 0.6) is 5.75 Å². The number of hydrogen-bond acceptors (Lipinski definition) is 2. The summed E-state index contributed by atoms with van der Waals surface area (Å²) in [5, 5.41) is 0. The lowest BCUT2D eigenvalue weighted by Gasteiger charge is -2.39. The number of hydrogen-bond donors (Lipinski definition) is 1. The molecule has 1 aromatic rings. The number of nitrogens with two attached hydrogens (primary N) is 1. The van der Waals surface area contributed by atoms with Gasteiger partial charge in [0.2, 0.25) is 0 Å². The van der Waals surface area contributed by atoms with Crippen molar-refractivity contribution in [1.29, 1.82) is 0 Å². The van der Waals surface area contributed by atoms with Gasteiger partial charge in [-0.15, -0.1) is 0 Å². The summed E-state index contributed by atoms with van der Waals surface area (Å²) in [7, 11) is 0. The molecular weight excluding hydrogens is 260 g/mol. The zero-order valence-electron chi connectivity index (χ0n) is 12.3. The maximum absolute atomic E-state index is 13.1. The lowest BCUT2D eigenvalue weighted by atomic mass is 9.71. The van der Waals surface area contributed by atoms with Gasteiger partial charge in [0.25, 0.3) is 6.43 Å². The molecule has 1 aromatic carbocycles. The zero-order valence-corrected chi connectivity index (χ0v) is 12.3. The number of ether oxygens (including phenoxy) is 1. The van der Waals surface area contributed by atoms with Crippen LogP contribution >= 0.6 is 0 Å². The highest BCUT2D eigenvalue weighted by molar-refractivity contribution is 5.48. The van der Waals surface area contributed by atoms with Crippen LogP contribution in [0.1, 0.15) is 52.0 Å². The number of benzene rings is 1. The van der Waals surface area contributed by atoms with Gasteiger partial charge in [-0.25, -0.2) is 8.78 Å². The van der Waals surface area contributed by atoms with Crippen molar-refractivity contribution in [3.05, 3.63) is 23.8 Å². The highest BCUT2D eigenvalue weighted by Gasteiger charge is 2.33. The molecule has 2 rings (SSSR count). The molecule has 1 aliphatic rings. The van der Waals surface area contributed by atoms with Gasteiger partial charge < -0.3 is 10.5 Å². The van der Waals surface area contributed by atoms with E-state index in [1.807, 2.05) is 0 Å². The molecule has 0 spiro atoms. The maximum atomic E-state index is 13.1. The Balaban J connectivity index is 2.17. The molecule has 2 atom stereocenters. The molecule has 1 fully saturated rings. The molecule has 0 bridgehead atoms. The number of anilines is 1. The Labute approximate surface area is 119 Å². The number of alkyl halides is 2. The van der Waals surface area contributed by atoms with E-state index in [1.165, 1.54) is 6.07 Å². The van der Waals surface area contributed by atoms with Crippen LogP contribution in [0.25, 0.3) is 0 Å². The fourth-order valence-corrected chi connectivity index (χ4v) is 3.37. The highest BCUT2D eigenvalue weighted by atomic mass is 19.3. The normalized spacial score (nSPS) is 25.7. The van der Waals surface area contributed by atoms with Crippen molar-refractivity contribution in [2.45, 2.75) is 52.6 Å². The average molecular weight is 283 g/mol. The van der Waals surface area contributed by atoms with Crippen molar-refractivity contribution in [1.82, 2.24) is 0 Å². The van der Waals surface area contributed by atoms with Crippen molar-refractivity contribution in [3.8, 4) is 5.75 Å². The first kappa shape index (κ1) is 15.1. The lowest BCUT2D eigenvalue weighted by molar-refractivity contribution is 0.0521. The molecule has 4 heteroatoms. The Kier molecular flexibility index (Phi) is 4.21. The minimum absolute atomic E-state index is 0.00475. The van der Waals surface area contributed by atoms with Gasteiger partial charge in [-0.05, 0) is 48.8 Å². The molecular formula is C16H23F2NO. The van der Waals surface area contributed by atoms with E-state index in [-0.39, 0.29) is 22.8 Å². The predicted octanol–water partition coefficient (Wildman–Crippen LogP) is 4.80. The second-order valence-corrected chi connectivity index (χ2v) is 6.75. The second kappa shape index (κ2) is 5.58. The molecule has 1 aliphatic carbocycles. The van der Waals surface area contributed by atoms with E-state index >= 15 is 0 Å². The van der Waals surface area contributed by atoms with Crippen molar-refractivity contribution in [2.24, 2.45) is 11.3 Å². The molecule has 2 N–H and O–H groups in total. The molecule has 2 nitrogen and oxygen atoms in total. The van der Waals surface area contributed by atoms with Crippen LogP contribution in [0, 0.1) is 11.3 Å². The monoisotopic (exact) mass is 283 g/mol. The first-order valence-electron chi connectivity index (χ1n) is 7.11. The number of halogens is 2. The van der Waals surface area contributed by atoms with E-state index in [0.717, 1.165) is 19.3 Å². The predicted molar refractivity (Wildman–Crippen MR) is 77.0 cm³/mol. The highest BCUT2D eigenvalue weighted by Crippen LogP contribution is 2.41. The van der Waals surface area contributed by atoms with Crippen LogP contribution in [0.4, 0.5) is 14.5 Å². The summed E-state index contributed by atoms with van der Waals surface area (Å²) in [4.78, 5) is 0. The molecule has 0 heterocycles. The molecule has 0 saturated heterocycles. The summed E-state index contributed by atoms with van der Waals surface area (Å²) in [6, 6.07) is 4.47. The largest absolute Gasteiger partial charge is 0.490 e. The summed E-state index contributed by atoms with van der Waals surface area (Å²) < 4.78 is 32.0. The quantitative estimate of drug-likeness (QED) is 0.809. The topological polar surface area (TPSA) is 35.2 Å². The van der Waals surface area contributed by atoms with Crippen LogP contribution in [-0.2, 0) is 0 Å². The van der Waals surface area contributed by atoms with Crippen LogP contribution in [-0.4, -0.2) is 6.10 Å². The van der Waals surface area contributed by atoms with Crippen LogP contribution in [0.3, 0.4) is 0 Å². The van der Waals surface area contributed by atoms with Crippen molar-refractivity contribution < 1.29 is 13.5 Å². The van der Waals surface area contributed by atoms with E-state index in [2.05, 4.69) is 20.8 Å². The molecule has 112 valence electrons. The van der Waals surface area contributed by atoms with Crippen molar-refractivity contribution in [2.75, 3.05) is 5.73 Å². The summed E-state index contributed by atoms with van der Waals surface area (Å²) in [6.07, 6.45) is 0.384. The van der Waals surface area contributed by atoms with E-state index in [9.17, 15) is 8.78 Å². The third-order valence-corrected chi connectivity index (χ3v) is 3.91. The molecule has 0 aromatic heterocycles. The zero-order chi connectivity index (χ0) is 14.9. The average Bonchev–Trinajstić information content (AvgIpc) is 2.28. The van der Waals surface area contributed by atoms with E-state index < -0.39 is 6.43 Å². The second-order valence-electron chi connectivity index (χ2n) is 6.75. The van der Waals surface area contributed by atoms with Gasteiger partial charge in [-0.2, -0.15) is 0 Å². The van der Waals surface area contributed by atoms with E-state index in [1.54, 1.807) is 12.1 Å². The van der Waals surface area contributed by atoms with E-state index in [0.29, 0.717) is 11.6 Å².